The van der Waals surface area contributed by atoms with Crippen molar-refractivity contribution in [1.29, 1.82) is 0 Å². The number of aryl methyl sites for hydroxylation is 1. The van der Waals surface area contributed by atoms with Crippen molar-refractivity contribution in [1.82, 2.24) is 0 Å². The van der Waals surface area contributed by atoms with Crippen LogP contribution in [0.2, 0.25) is 0 Å². The number of thiophene rings is 1. The highest BCUT2D eigenvalue weighted by Crippen LogP contribution is 2.30. The lowest BCUT2D eigenvalue weighted by atomic mass is 10.1. The average Bonchev–Trinajstić information content (AvgIpc) is 3.11. The monoisotopic (exact) mass is 404 g/mol. The largest absolute Gasteiger partial charge is 0.321 e. The zero-order valence-corrected chi connectivity index (χ0v) is 16.0. The topological polar surface area (TPSA) is 89.3 Å². The van der Waals surface area contributed by atoms with Gasteiger partial charge in [0.05, 0.1) is 9.77 Å². The normalized spacial score (nSPS) is 11.4. The molecule has 1 aromatic heterocycles. The molecule has 8 heteroatoms. The average molecular weight is 404 g/mol. The quantitative estimate of drug-likeness (QED) is 0.673. The summed E-state index contributed by atoms with van der Waals surface area (Å²) in [5, 5.41) is 7.91. The number of nitrogens with one attached hydrogen (secondary N) is 1. The Hall–Kier alpha value is -2.55. The van der Waals surface area contributed by atoms with Gasteiger partial charge in [0, 0.05) is 16.1 Å². The van der Waals surface area contributed by atoms with Gasteiger partial charge >= 0.3 is 0 Å². The molecule has 3 rings (SSSR count). The van der Waals surface area contributed by atoms with E-state index in [9.17, 15) is 17.6 Å². The van der Waals surface area contributed by atoms with Crippen molar-refractivity contribution in [2.24, 2.45) is 5.14 Å². The molecule has 0 unspecified atom stereocenters. The van der Waals surface area contributed by atoms with Gasteiger partial charge in [0.2, 0.25) is 10.0 Å². The lowest BCUT2D eigenvalue weighted by Crippen LogP contribution is -2.16. The summed E-state index contributed by atoms with van der Waals surface area (Å²) in [7, 11) is -3.90. The maximum Gasteiger partial charge on any atom is 0.265 e. The molecule has 0 spiro atoms. The molecule has 0 saturated carbocycles. The van der Waals surface area contributed by atoms with E-state index in [1.165, 1.54) is 12.1 Å². The third kappa shape index (κ3) is 4.24. The summed E-state index contributed by atoms with van der Waals surface area (Å²) in [6.45, 7) is 1.82. The zero-order valence-electron chi connectivity index (χ0n) is 14.4. The molecule has 0 fully saturated rings. The highest BCUT2D eigenvalue weighted by atomic mass is 32.2. The molecule has 0 saturated heterocycles. The summed E-state index contributed by atoms with van der Waals surface area (Å²) in [4.78, 5) is 13.5. The van der Waals surface area contributed by atoms with Crippen LogP contribution in [0, 0.1) is 5.82 Å². The number of halogens is 1. The molecule has 0 aliphatic heterocycles. The van der Waals surface area contributed by atoms with Crippen LogP contribution >= 0.6 is 11.3 Å². The van der Waals surface area contributed by atoms with Crippen LogP contribution in [0.5, 0.6) is 0 Å². The van der Waals surface area contributed by atoms with E-state index in [1.54, 1.807) is 42.5 Å². The van der Waals surface area contributed by atoms with Gasteiger partial charge in [0.1, 0.15) is 5.82 Å². The molecule has 0 bridgehead atoms. The highest BCUT2D eigenvalue weighted by molar-refractivity contribution is 7.89. The van der Waals surface area contributed by atoms with Gasteiger partial charge in [-0.2, -0.15) is 0 Å². The lowest BCUT2D eigenvalue weighted by molar-refractivity contribution is 0.103. The predicted molar refractivity (Wildman–Crippen MR) is 105 cm³/mol. The number of nitrogens with two attached hydrogens (primary N) is 1. The maximum absolute atomic E-state index is 13.9. The Balaban J connectivity index is 1.86. The first kappa shape index (κ1) is 19.2. The Morgan fingerprint density at radius 1 is 1.15 bits per heavy atom. The number of carbonyl (C=O) groups is 1. The number of primary sulfonamides is 1. The summed E-state index contributed by atoms with van der Waals surface area (Å²) in [6, 6.07) is 14.2. The van der Waals surface area contributed by atoms with E-state index in [1.807, 2.05) is 6.92 Å². The molecule has 1 heterocycles. The summed E-state index contributed by atoms with van der Waals surface area (Å²) in [5.74, 6) is -0.772. The number of amides is 1. The molecule has 2 aromatic carbocycles. The summed E-state index contributed by atoms with van der Waals surface area (Å²) >= 11 is 1.15. The Morgan fingerprint density at radius 2 is 1.89 bits per heavy atom. The lowest BCUT2D eigenvalue weighted by Gasteiger charge is -2.09. The van der Waals surface area contributed by atoms with Crippen molar-refractivity contribution in [2.45, 2.75) is 18.2 Å². The Morgan fingerprint density at radius 3 is 2.56 bits per heavy atom. The fourth-order valence-electron chi connectivity index (χ4n) is 2.65. The Bertz CT molecular complexity index is 1110. The highest BCUT2D eigenvalue weighted by Gasteiger charge is 2.16. The third-order valence-electron chi connectivity index (χ3n) is 3.98. The van der Waals surface area contributed by atoms with Crippen LogP contribution in [0.15, 0.2) is 59.5 Å². The van der Waals surface area contributed by atoms with Gasteiger partial charge in [-0.25, -0.2) is 17.9 Å². The van der Waals surface area contributed by atoms with E-state index in [4.69, 9.17) is 5.14 Å². The van der Waals surface area contributed by atoms with Crippen molar-refractivity contribution in [2.75, 3.05) is 5.32 Å². The summed E-state index contributed by atoms with van der Waals surface area (Å²) < 4.78 is 37.4. The Labute approximate surface area is 160 Å². The molecule has 140 valence electrons. The second-order valence-electron chi connectivity index (χ2n) is 5.82. The molecule has 3 N–H and O–H groups in total. The number of hydrogen-bond acceptors (Lipinski definition) is 4. The van der Waals surface area contributed by atoms with Gasteiger partial charge in [-0.1, -0.05) is 31.2 Å². The van der Waals surface area contributed by atoms with E-state index in [0.29, 0.717) is 33.0 Å². The number of hydrogen-bond donors (Lipinski definition) is 2. The number of rotatable bonds is 5. The first-order chi connectivity index (χ1) is 12.8. The fraction of sp³-hybridized carbons (Fsp3) is 0.105. The number of anilines is 1. The zero-order chi connectivity index (χ0) is 19.6. The van der Waals surface area contributed by atoms with Gasteiger partial charge in [0.25, 0.3) is 5.91 Å². The van der Waals surface area contributed by atoms with E-state index >= 15 is 0 Å². The first-order valence-corrected chi connectivity index (χ1v) is 10.5. The van der Waals surface area contributed by atoms with Crippen molar-refractivity contribution in [3.05, 3.63) is 70.9 Å². The van der Waals surface area contributed by atoms with Crippen LogP contribution < -0.4 is 10.5 Å². The number of carbonyl (C=O) groups excluding carboxylic acids is 1. The number of sulfonamides is 1. The molecule has 0 atom stereocenters. The minimum atomic E-state index is -3.90. The van der Waals surface area contributed by atoms with E-state index in [-0.39, 0.29) is 10.7 Å². The molecule has 1 amide bonds. The van der Waals surface area contributed by atoms with Crippen LogP contribution in [0.1, 0.15) is 22.2 Å². The Kier molecular flexibility index (Phi) is 5.41. The molecular weight excluding hydrogens is 387 g/mol. The molecule has 0 aliphatic carbocycles. The minimum Gasteiger partial charge on any atom is -0.321 e. The van der Waals surface area contributed by atoms with Gasteiger partial charge in [-0.15, -0.1) is 11.3 Å². The summed E-state index contributed by atoms with van der Waals surface area (Å²) in [5.41, 5.74) is 1.32. The molecule has 3 aromatic rings. The van der Waals surface area contributed by atoms with Crippen LogP contribution in [0.3, 0.4) is 0 Å². The van der Waals surface area contributed by atoms with Crippen LogP contribution in [0.4, 0.5) is 10.1 Å². The van der Waals surface area contributed by atoms with Crippen LogP contribution in [-0.2, 0) is 16.4 Å². The maximum atomic E-state index is 13.9. The van der Waals surface area contributed by atoms with Crippen molar-refractivity contribution in [3.63, 3.8) is 0 Å². The van der Waals surface area contributed by atoms with Gasteiger partial charge in [-0.05, 0) is 42.3 Å². The molecule has 27 heavy (non-hydrogen) atoms. The van der Waals surface area contributed by atoms with Crippen molar-refractivity contribution < 1.29 is 17.6 Å². The predicted octanol–water partition coefficient (Wildman–Crippen LogP) is 4.02. The number of benzene rings is 2. The van der Waals surface area contributed by atoms with Gasteiger partial charge < -0.3 is 5.32 Å². The van der Waals surface area contributed by atoms with Crippen LogP contribution in [-0.4, -0.2) is 14.3 Å². The smallest absolute Gasteiger partial charge is 0.265 e. The molecule has 0 radical (unpaired) electrons. The second kappa shape index (κ2) is 7.59. The fourth-order valence-corrected chi connectivity index (χ4v) is 4.45. The first-order valence-electron chi connectivity index (χ1n) is 8.11. The molecular formula is C19H17FN2O3S2. The third-order valence-corrected chi connectivity index (χ3v) is 6.09. The van der Waals surface area contributed by atoms with E-state index < -0.39 is 15.9 Å². The molecule has 5 nitrogen and oxygen atoms in total. The second-order valence-corrected chi connectivity index (χ2v) is 8.43. The van der Waals surface area contributed by atoms with Gasteiger partial charge in [-0.3, -0.25) is 4.79 Å². The standard InChI is InChI=1S/C19H17FN2O3S2/c1-2-12-7-8-13(11-18(12)27(21,24)25)22-19(23)17-10-9-16(26-17)14-5-3-4-6-15(14)20/h3-11H,2H2,1H3,(H,22,23)(H2,21,24,25). The van der Waals surface area contributed by atoms with E-state index in [2.05, 4.69) is 5.32 Å². The van der Waals surface area contributed by atoms with Crippen molar-refractivity contribution >= 4 is 33.0 Å². The van der Waals surface area contributed by atoms with Gasteiger partial charge in [0.15, 0.2) is 0 Å². The van der Waals surface area contributed by atoms with Crippen LogP contribution in [0.25, 0.3) is 10.4 Å². The minimum absolute atomic E-state index is 0.0129. The summed E-state index contributed by atoms with van der Waals surface area (Å²) in [6.07, 6.45) is 0.497. The SMILES string of the molecule is CCc1ccc(NC(=O)c2ccc(-c3ccccc3F)s2)cc1S(N)(=O)=O. The molecule has 0 aliphatic rings. The van der Waals surface area contributed by atoms with Crippen molar-refractivity contribution in [3.8, 4) is 10.4 Å². The van der Waals surface area contributed by atoms with E-state index in [0.717, 1.165) is 11.3 Å².